The van der Waals surface area contributed by atoms with Gasteiger partial charge in [0.25, 0.3) is 0 Å². The number of carbonyl (C=O) groups excluding carboxylic acids is 1. The van der Waals surface area contributed by atoms with Gasteiger partial charge in [-0.15, -0.1) is 0 Å². The molecule has 0 radical (unpaired) electrons. The van der Waals surface area contributed by atoms with Crippen LogP contribution < -0.4 is 5.32 Å². The first-order chi connectivity index (χ1) is 8.66. The summed E-state index contributed by atoms with van der Waals surface area (Å²) in [7, 11) is 4.15. The largest absolute Gasteiger partial charge is 0.344 e. The van der Waals surface area contributed by atoms with E-state index in [9.17, 15) is 4.79 Å². The minimum absolute atomic E-state index is 0.0787. The Morgan fingerprint density at radius 3 is 2.61 bits per heavy atom. The molecule has 0 aromatic heterocycles. The third-order valence-electron chi connectivity index (χ3n) is 4.35. The Bertz CT molecular complexity index is 268. The Hall–Kier alpha value is -0.610. The zero-order valence-corrected chi connectivity index (χ0v) is 11.8. The van der Waals surface area contributed by atoms with Crippen LogP contribution in [0.2, 0.25) is 0 Å². The molecule has 1 amide bonds. The molecule has 2 fully saturated rings. The van der Waals surface area contributed by atoms with E-state index in [1.807, 2.05) is 11.9 Å². The van der Waals surface area contributed by atoms with E-state index >= 15 is 0 Å². The fourth-order valence-electron chi connectivity index (χ4n) is 3.05. The summed E-state index contributed by atoms with van der Waals surface area (Å²) in [6.07, 6.45) is 5.86. The molecule has 2 aliphatic rings. The topological polar surface area (TPSA) is 35.6 Å². The standard InChI is InChI=1S/C14H27N3O/c1-16-9-6-12(7-10-16)11-17(2)14(18)13-5-3-4-8-15-13/h12-13,15H,3-11H2,1-2H3/t13-/m1/s1. The summed E-state index contributed by atoms with van der Waals surface area (Å²) in [5.41, 5.74) is 0. The smallest absolute Gasteiger partial charge is 0.239 e. The number of likely N-dealkylation sites (N-methyl/N-ethyl adjacent to an activating group) is 1. The third kappa shape index (κ3) is 3.69. The SMILES string of the molecule is CN1CCC(CN(C)C(=O)[C@H]2CCCCN2)CC1. The Morgan fingerprint density at radius 1 is 1.28 bits per heavy atom. The van der Waals surface area contributed by atoms with Gasteiger partial charge >= 0.3 is 0 Å². The molecule has 4 nitrogen and oxygen atoms in total. The molecule has 2 heterocycles. The summed E-state index contributed by atoms with van der Waals surface area (Å²) in [4.78, 5) is 16.6. The lowest BCUT2D eigenvalue weighted by Gasteiger charge is -2.33. The quantitative estimate of drug-likeness (QED) is 0.813. The van der Waals surface area contributed by atoms with E-state index < -0.39 is 0 Å². The first-order valence-electron chi connectivity index (χ1n) is 7.33. The van der Waals surface area contributed by atoms with Crippen LogP contribution in [-0.4, -0.2) is 62.0 Å². The first-order valence-corrected chi connectivity index (χ1v) is 7.33. The molecule has 0 aromatic rings. The van der Waals surface area contributed by atoms with E-state index in [0.29, 0.717) is 11.8 Å². The van der Waals surface area contributed by atoms with Gasteiger partial charge in [-0.1, -0.05) is 6.42 Å². The molecule has 0 spiro atoms. The van der Waals surface area contributed by atoms with Crippen molar-refractivity contribution in [2.45, 2.75) is 38.1 Å². The maximum atomic E-state index is 12.3. The zero-order chi connectivity index (χ0) is 13.0. The Balaban J connectivity index is 1.76. The van der Waals surface area contributed by atoms with Crippen LogP contribution in [0.5, 0.6) is 0 Å². The van der Waals surface area contributed by atoms with Crippen LogP contribution in [0.4, 0.5) is 0 Å². The molecule has 18 heavy (non-hydrogen) atoms. The lowest BCUT2D eigenvalue weighted by Crippen LogP contribution is -2.49. The highest BCUT2D eigenvalue weighted by molar-refractivity contribution is 5.81. The van der Waals surface area contributed by atoms with Gasteiger partial charge in [-0.25, -0.2) is 0 Å². The Kier molecular flexibility index (Phi) is 5.01. The normalized spacial score (nSPS) is 27.1. The van der Waals surface area contributed by atoms with Crippen molar-refractivity contribution >= 4 is 5.91 Å². The molecule has 0 saturated carbocycles. The lowest BCUT2D eigenvalue weighted by molar-refractivity contribution is -0.133. The Morgan fingerprint density at radius 2 is 2.00 bits per heavy atom. The second-order valence-electron chi connectivity index (χ2n) is 5.97. The highest BCUT2D eigenvalue weighted by Gasteiger charge is 2.26. The van der Waals surface area contributed by atoms with Crippen LogP contribution >= 0.6 is 0 Å². The van der Waals surface area contributed by atoms with Crippen LogP contribution in [0.3, 0.4) is 0 Å². The van der Waals surface area contributed by atoms with E-state index in [4.69, 9.17) is 0 Å². The number of rotatable bonds is 3. The summed E-state index contributed by atoms with van der Waals surface area (Å²) in [5, 5.41) is 3.34. The summed E-state index contributed by atoms with van der Waals surface area (Å²) >= 11 is 0. The number of carbonyl (C=O) groups is 1. The van der Waals surface area contributed by atoms with Gasteiger partial charge in [-0.05, 0) is 58.3 Å². The van der Waals surface area contributed by atoms with Gasteiger partial charge in [-0.2, -0.15) is 0 Å². The van der Waals surface area contributed by atoms with Crippen molar-refractivity contribution in [1.29, 1.82) is 0 Å². The van der Waals surface area contributed by atoms with E-state index in [2.05, 4.69) is 17.3 Å². The van der Waals surface area contributed by atoms with Crippen LogP contribution in [0.15, 0.2) is 0 Å². The fourth-order valence-corrected chi connectivity index (χ4v) is 3.05. The first kappa shape index (κ1) is 13.8. The summed E-state index contributed by atoms with van der Waals surface area (Å²) in [6, 6.07) is 0.0787. The molecule has 1 N–H and O–H groups in total. The Labute approximate surface area is 111 Å². The molecular weight excluding hydrogens is 226 g/mol. The molecule has 4 heteroatoms. The maximum Gasteiger partial charge on any atom is 0.239 e. The van der Waals surface area contributed by atoms with E-state index in [1.165, 1.54) is 38.8 Å². The highest BCUT2D eigenvalue weighted by Crippen LogP contribution is 2.18. The number of amides is 1. The molecule has 2 aliphatic heterocycles. The van der Waals surface area contributed by atoms with Gasteiger partial charge in [0, 0.05) is 13.6 Å². The van der Waals surface area contributed by atoms with E-state index in [1.54, 1.807) is 0 Å². The zero-order valence-electron chi connectivity index (χ0n) is 11.8. The molecule has 1 atom stereocenters. The van der Waals surface area contributed by atoms with Crippen molar-refractivity contribution in [3.05, 3.63) is 0 Å². The lowest BCUT2D eigenvalue weighted by atomic mass is 9.96. The predicted molar refractivity (Wildman–Crippen MR) is 73.5 cm³/mol. The van der Waals surface area contributed by atoms with Gasteiger partial charge < -0.3 is 15.1 Å². The minimum atomic E-state index is 0.0787. The van der Waals surface area contributed by atoms with Gasteiger partial charge in [0.15, 0.2) is 0 Å². The second kappa shape index (κ2) is 6.53. The number of hydrogen-bond donors (Lipinski definition) is 1. The summed E-state index contributed by atoms with van der Waals surface area (Å²) in [6.45, 7) is 4.28. The van der Waals surface area contributed by atoms with Crippen molar-refractivity contribution in [3.8, 4) is 0 Å². The summed E-state index contributed by atoms with van der Waals surface area (Å²) in [5.74, 6) is 0.993. The van der Waals surface area contributed by atoms with Crippen molar-refractivity contribution in [1.82, 2.24) is 15.1 Å². The third-order valence-corrected chi connectivity index (χ3v) is 4.35. The minimum Gasteiger partial charge on any atom is -0.344 e. The van der Waals surface area contributed by atoms with Crippen molar-refractivity contribution in [2.75, 3.05) is 40.3 Å². The number of hydrogen-bond acceptors (Lipinski definition) is 3. The molecule has 0 unspecified atom stereocenters. The van der Waals surface area contributed by atoms with Crippen molar-refractivity contribution in [2.24, 2.45) is 5.92 Å². The molecular formula is C14H27N3O. The molecule has 0 bridgehead atoms. The van der Waals surface area contributed by atoms with Crippen LogP contribution in [-0.2, 0) is 4.79 Å². The number of piperidine rings is 2. The van der Waals surface area contributed by atoms with Gasteiger partial charge in [-0.3, -0.25) is 4.79 Å². The van der Waals surface area contributed by atoms with Crippen molar-refractivity contribution in [3.63, 3.8) is 0 Å². The van der Waals surface area contributed by atoms with Gasteiger partial charge in [0.05, 0.1) is 6.04 Å². The molecule has 0 aliphatic carbocycles. The number of nitrogens with one attached hydrogen (secondary N) is 1. The average Bonchev–Trinajstić information content (AvgIpc) is 2.41. The molecule has 0 aromatic carbocycles. The van der Waals surface area contributed by atoms with Gasteiger partial charge in [0.2, 0.25) is 5.91 Å². The van der Waals surface area contributed by atoms with Crippen LogP contribution in [0, 0.1) is 5.92 Å². The van der Waals surface area contributed by atoms with Crippen LogP contribution in [0.25, 0.3) is 0 Å². The number of nitrogens with zero attached hydrogens (tertiary/aromatic N) is 2. The molecule has 2 saturated heterocycles. The van der Waals surface area contributed by atoms with E-state index in [0.717, 1.165) is 19.5 Å². The van der Waals surface area contributed by atoms with Crippen LogP contribution in [0.1, 0.15) is 32.1 Å². The second-order valence-corrected chi connectivity index (χ2v) is 5.97. The maximum absolute atomic E-state index is 12.3. The monoisotopic (exact) mass is 253 g/mol. The highest BCUT2D eigenvalue weighted by atomic mass is 16.2. The van der Waals surface area contributed by atoms with Crippen molar-refractivity contribution < 1.29 is 4.79 Å². The molecule has 104 valence electrons. The molecule has 2 rings (SSSR count). The predicted octanol–water partition coefficient (Wildman–Crippen LogP) is 0.929. The summed E-state index contributed by atoms with van der Waals surface area (Å²) < 4.78 is 0. The fraction of sp³-hybridized carbons (Fsp3) is 0.929. The van der Waals surface area contributed by atoms with E-state index in [-0.39, 0.29) is 6.04 Å². The van der Waals surface area contributed by atoms with Gasteiger partial charge in [0.1, 0.15) is 0 Å². The average molecular weight is 253 g/mol. The number of likely N-dealkylation sites (tertiary alicyclic amines) is 1.